The van der Waals surface area contributed by atoms with Gasteiger partial charge in [-0.3, -0.25) is 10.3 Å². The number of morpholine rings is 1. The Hall–Kier alpha value is -3.42. The number of ether oxygens (including phenoxy) is 2. The molecule has 2 aromatic heterocycles. The molecular weight excluding hydrogens is 404 g/mol. The number of hydrogen-bond donors (Lipinski definition) is 1. The standard InChI is InChI=1S/C25H24N4O3/c26-24-23-22(19-6-3-13-31-19)21-18-5-2-1-4-17(18)7-8-20(21)32-25(23)27-16-29(24)10-9-28-11-14-30-15-12-28/h1-8,13,16,22,26H,9-12,14-15H2. The first kappa shape index (κ1) is 19.3. The molecule has 2 aliphatic heterocycles. The largest absolute Gasteiger partial charge is 0.468 e. The SMILES string of the molecule is N=c1c2c(ncn1CCN1CCOCC1)Oc1ccc3ccccc3c1C2c1ccco1. The summed E-state index contributed by atoms with van der Waals surface area (Å²) in [6.07, 6.45) is 3.40. The molecule has 0 saturated carbocycles. The van der Waals surface area contributed by atoms with Gasteiger partial charge in [0.2, 0.25) is 5.88 Å². The Kier molecular flexibility index (Phi) is 4.78. The predicted octanol–water partition coefficient (Wildman–Crippen LogP) is 3.73. The first-order chi connectivity index (χ1) is 15.8. The van der Waals surface area contributed by atoms with Crippen molar-refractivity contribution in [1.29, 1.82) is 5.41 Å². The van der Waals surface area contributed by atoms with Crippen molar-refractivity contribution in [3.63, 3.8) is 0 Å². The Bertz CT molecular complexity index is 1320. The van der Waals surface area contributed by atoms with Crippen LogP contribution in [0.4, 0.5) is 0 Å². The lowest BCUT2D eigenvalue weighted by Crippen LogP contribution is -2.40. The Balaban J connectivity index is 1.47. The van der Waals surface area contributed by atoms with Crippen molar-refractivity contribution in [2.24, 2.45) is 0 Å². The molecule has 0 amide bonds. The summed E-state index contributed by atoms with van der Waals surface area (Å²) in [7, 11) is 0. The van der Waals surface area contributed by atoms with Crippen molar-refractivity contribution in [1.82, 2.24) is 14.5 Å². The van der Waals surface area contributed by atoms with Gasteiger partial charge in [-0.15, -0.1) is 0 Å². The quantitative estimate of drug-likeness (QED) is 0.472. The highest BCUT2D eigenvalue weighted by atomic mass is 16.5. The van der Waals surface area contributed by atoms with Gasteiger partial charge in [0, 0.05) is 31.7 Å². The number of rotatable bonds is 4. The van der Waals surface area contributed by atoms with Gasteiger partial charge in [0.15, 0.2) is 0 Å². The van der Waals surface area contributed by atoms with E-state index in [1.165, 1.54) is 0 Å². The molecule has 2 aliphatic rings. The highest BCUT2D eigenvalue weighted by Crippen LogP contribution is 2.47. The van der Waals surface area contributed by atoms with Crippen LogP contribution in [0.5, 0.6) is 11.6 Å². The number of aromatic nitrogens is 2. The molecule has 1 unspecified atom stereocenters. The molecule has 0 aliphatic carbocycles. The van der Waals surface area contributed by atoms with E-state index in [2.05, 4.69) is 28.1 Å². The summed E-state index contributed by atoms with van der Waals surface area (Å²) in [5.74, 6) is 1.76. The van der Waals surface area contributed by atoms with Crippen molar-refractivity contribution >= 4 is 10.8 Å². The molecule has 1 saturated heterocycles. The fraction of sp³-hybridized carbons (Fsp3) is 0.280. The van der Waals surface area contributed by atoms with Gasteiger partial charge in [0.25, 0.3) is 0 Å². The molecule has 4 aromatic rings. The van der Waals surface area contributed by atoms with Crippen LogP contribution in [0.15, 0.2) is 65.5 Å². The van der Waals surface area contributed by atoms with E-state index in [4.69, 9.17) is 19.3 Å². The molecule has 0 bridgehead atoms. The van der Waals surface area contributed by atoms with Gasteiger partial charge >= 0.3 is 0 Å². The minimum atomic E-state index is -0.259. The molecule has 32 heavy (non-hydrogen) atoms. The molecule has 7 nitrogen and oxygen atoms in total. The number of nitrogens with zero attached hydrogens (tertiary/aromatic N) is 3. The van der Waals surface area contributed by atoms with E-state index in [1.54, 1.807) is 12.6 Å². The van der Waals surface area contributed by atoms with Gasteiger partial charge in [0.1, 0.15) is 23.3 Å². The van der Waals surface area contributed by atoms with E-state index in [-0.39, 0.29) is 5.92 Å². The van der Waals surface area contributed by atoms with Crippen LogP contribution in [-0.4, -0.2) is 47.3 Å². The number of benzene rings is 2. The summed E-state index contributed by atoms with van der Waals surface area (Å²) in [5, 5.41) is 11.3. The molecule has 1 atom stereocenters. The average molecular weight is 428 g/mol. The predicted molar refractivity (Wildman–Crippen MR) is 119 cm³/mol. The second-order valence-corrected chi connectivity index (χ2v) is 8.21. The highest BCUT2D eigenvalue weighted by Gasteiger charge is 2.35. The first-order valence-corrected chi connectivity index (χ1v) is 11.0. The lowest BCUT2D eigenvalue weighted by Gasteiger charge is -2.29. The van der Waals surface area contributed by atoms with Gasteiger partial charge in [-0.25, -0.2) is 4.98 Å². The summed E-state index contributed by atoms with van der Waals surface area (Å²) >= 11 is 0. The summed E-state index contributed by atoms with van der Waals surface area (Å²) in [5.41, 5.74) is 2.17. The zero-order valence-corrected chi connectivity index (χ0v) is 17.7. The Morgan fingerprint density at radius 2 is 1.84 bits per heavy atom. The summed E-state index contributed by atoms with van der Waals surface area (Å²) in [6, 6.07) is 16.2. The van der Waals surface area contributed by atoms with E-state index in [0.717, 1.165) is 66.3 Å². The normalized spacial score (nSPS) is 18.2. The monoisotopic (exact) mass is 428 g/mol. The third kappa shape index (κ3) is 3.21. The lowest BCUT2D eigenvalue weighted by molar-refractivity contribution is 0.0362. The van der Waals surface area contributed by atoms with Crippen LogP contribution in [0.3, 0.4) is 0 Å². The van der Waals surface area contributed by atoms with Crippen molar-refractivity contribution < 1.29 is 13.9 Å². The fourth-order valence-corrected chi connectivity index (χ4v) is 4.74. The van der Waals surface area contributed by atoms with E-state index >= 15 is 0 Å². The van der Waals surface area contributed by atoms with Crippen LogP contribution in [-0.2, 0) is 11.3 Å². The second-order valence-electron chi connectivity index (χ2n) is 8.21. The molecular formula is C25H24N4O3. The van der Waals surface area contributed by atoms with Crippen LogP contribution in [0, 0.1) is 5.41 Å². The van der Waals surface area contributed by atoms with Crippen molar-refractivity contribution in [3.05, 3.63) is 83.5 Å². The van der Waals surface area contributed by atoms with Crippen molar-refractivity contribution in [3.8, 4) is 11.6 Å². The smallest absolute Gasteiger partial charge is 0.228 e. The third-order valence-corrected chi connectivity index (χ3v) is 6.39. The molecule has 2 aromatic carbocycles. The number of nitrogens with one attached hydrogen (secondary N) is 1. The third-order valence-electron chi connectivity index (χ3n) is 6.39. The minimum Gasteiger partial charge on any atom is -0.468 e. The molecule has 0 radical (unpaired) electrons. The summed E-state index contributed by atoms with van der Waals surface area (Å²) in [4.78, 5) is 6.98. The topological polar surface area (TPSA) is 76.5 Å². The van der Waals surface area contributed by atoms with E-state index < -0.39 is 0 Å². The molecule has 6 rings (SSSR count). The minimum absolute atomic E-state index is 0.259. The van der Waals surface area contributed by atoms with Crippen LogP contribution in [0.25, 0.3) is 10.8 Å². The van der Waals surface area contributed by atoms with Crippen LogP contribution >= 0.6 is 0 Å². The number of fused-ring (bicyclic) bond motifs is 4. The molecule has 1 N–H and O–H groups in total. The number of furan rings is 1. The Labute approximate surface area is 185 Å². The molecule has 1 fully saturated rings. The zero-order chi connectivity index (χ0) is 21.5. The second kappa shape index (κ2) is 7.93. The first-order valence-electron chi connectivity index (χ1n) is 11.0. The maximum Gasteiger partial charge on any atom is 0.228 e. The van der Waals surface area contributed by atoms with Crippen molar-refractivity contribution in [2.45, 2.75) is 12.5 Å². The maximum absolute atomic E-state index is 9.08. The molecule has 162 valence electrons. The average Bonchev–Trinajstić information content (AvgIpc) is 3.37. The van der Waals surface area contributed by atoms with Crippen molar-refractivity contribution in [2.75, 3.05) is 32.8 Å². The van der Waals surface area contributed by atoms with E-state index in [0.29, 0.717) is 17.9 Å². The fourth-order valence-electron chi connectivity index (χ4n) is 4.74. The van der Waals surface area contributed by atoms with Gasteiger partial charge in [0.05, 0.1) is 31.0 Å². The van der Waals surface area contributed by atoms with Crippen LogP contribution in [0.1, 0.15) is 22.8 Å². The lowest BCUT2D eigenvalue weighted by atomic mass is 9.84. The maximum atomic E-state index is 9.08. The van der Waals surface area contributed by atoms with E-state index in [9.17, 15) is 0 Å². The molecule has 0 spiro atoms. The number of hydrogen-bond acceptors (Lipinski definition) is 6. The molecule has 4 heterocycles. The van der Waals surface area contributed by atoms with Gasteiger partial charge in [-0.1, -0.05) is 30.3 Å². The van der Waals surface area contributed by atoms with Gasteiger partial charge in [-0.2, -0.15) is 0 Å². The van der Waals surface area contributed by atoms with Gasteiger partial charge < -0.3 is 18.5 Å². The van der Waals surface area contributed by atoms with Crippen LogP contribution < -0.4 is 10.2 Å². The van der Waals surface area contributed by atoms with Crippen LogP contribution in [0.2, 0.25) is 0 Å². The Morgan fingerprint density at radius 1 is 0.969 bits per heavy atom. The summed E-state index contributed by atoms with van der Waals surface area (Å²) in [6.45, 7) is 4.91. The highest BCUT2D eigenvalue weighted by molar-refractivity contribution is 5.90. The van der Waals surface area contributed by atoms with E-state index in [1.807, 2.05) is 34.9 Å². The summed E-state index contributed by atoms with van der Waals surface area (Å²) < 4.78 is 19.5. The Morgan fingerprint density at radius 3 is 2.69 bits per heavy atom. The zero-order valence-electron chi connectivity index (χ0n) is 17.7. The van der Waals surface area contributed by atoms with Gasteiger partial charge in [-0.05, 0) is 29.0 Å². The molecule has 7 heteroatoms.